The maximum absolute atomic E-state index is 12.9. The molecule has 1 amide bonds. The molecule has 0 spiro atoms. The molecular formula is C18H23N5O2S. The Labute approximate surface area is 155 Å². The van der Waals surface area contributed by atoms with Crippen molar-refractivity contribution in [1.82, 2.24) is 24.1 Å². The Bertz CT molecular complexity index is 1050. The number of hydrogen-bond donors (Lipinski definition) is 0. The van der Waals surface area contributed by atoms with Crippen molar-refractivity contribution in [1.29, 1.82) is 0 Å². The lowest BCUT2D eigenvalue weighted by Gasteiger charge is -2.39. The second kappa shape index (κ2) is 6.19. The van der Waals surface area contributed by atoms with Crippen LogP contribution in [-0.2, 0) is 11.3 Å². The highest BCUT2D eigenvalue weighted by molar-refractivity contribution is 7.18. The van der Waals surface area contributed by atoms with E-state index < -0.39 is 0 Å². The van der Waals surface area contributed by atoms with Gasteiger partial charge in [0, 0.05) is 17.0 Å². The van der Waals surface area contributed by atoms with Gasteiger partial charge in [-0.2, -0.15) is 0 Å². The highest BCUT2D eigenvalue weighted by Crippen LogP contribution is 2.30. The molecule has 0 unspecified atom stereocenters. The minimum atomic E-state index is -0.316. The van der Waals surface area contributed by atoms with Crippen LogP contribution < -0.4 is 5.69 Å². The lowest BCUT2D eigenvalue weighted by molar-refractivity contribution is -0.138. The van der Waals surface area contributed by atoms with Gasteiger partial charge in [-0.3, -0.25) is 4.79 Å². The summed E-state index contributed by atoms with van der Waals surface area (Å²) in [5.41, 5.74) is 1.35. The Morgan fingerprint density at radius 1 is 1.27 bits per heavy atom. The van der Waals surface area contributed by atoms with Gasteiger partial charge in [0.25, 0.3) is 0 Å². The quantitative estimate of drug-likeness (QED) is 0.692. The smallest absolute Gasteiger partial charge is 0.336 e. The number of aryl methyl sites for hydroxylation is 2. The molecule has 7 nitrogen and oxygen atoms in total. The summed E-state index contributed by atoms with van der Waals surface area (Å²) in [4.78, 5) is 33.9. The number of fused-ring (bicyclic) bond motifs is 3. The summed E-state index contributed by atoms with van der Waals surface area (Å²) in [5.74, 6) is -0.0439. The zero-order valence-corrected chi connectivity index (χ0v) is 16.3. The standard InChI is InChI=1S/C18H23N5O2S/c1-10-6-5-7-11(2)23(10)14(24)8-22-18(25)21-9-19-17-15(16(21)20-22)12(3)13(4)26-17/h9-11H,5-8H2,1-4H3/t10-,11+. The van der Waals surface area contributed by atoms with E-state index in [1.165, 1.54) is 15.4 Å². The van der Waals surface area contributed by atoms with Crippen molar-refractivity contribution >= 4 is 33.1 Å². The van der Waals surface area contributed by atoms with E-state index in [1.54, 1.807) is 11.3 Å². The van der Waals surface area contributed by atoms with Crippen LogP contribution in [0.2, 0.25) is 0 Å². The van der Waals surface area contributed by atoms with Crippen LogP contribution in [0.4, 0.5) is 0 Å². The Kier molecular flexibility index (Phi) is 4.10. The highest BCUT2D eigenvalue weighted by atomic mass is 32.1. The van der Waals surface area contributed by atoms with E-state index in [1.807, 2.05) is 18.7 Å². The molecule has 1 aliphatic heterocycles. The molecule has 0 radical (unpaired) electrons. The van der Waals surface area contributed by atoms with Gasteiger partial charge in [-0.25, -0.2) is 18.9 Å². The van der Waals surface area contributed by atoms with Gasteiger partial charge in [0.05, 0.1) is 5.39 Å². The molecule has 0 aromatic carbocycles. The van der Waals surface area contributed by atoms with E-state index in [0.29, 0.717) is 5.65 Å². The zero-order valence-electron chi connectivity index (χ0n) is 15.5. The number of rotatable bonds is 2. The van der Waals surface area contributed by atoms with Crippen LogP contribution >= 0.6 is 11.3 Å². The fourth-order valence-electron chi connectivity index (χ4n) is 3.99. The molecule has 1 aliphatic rings. The first kappa shape index (κ1) is 17.2. The van der Waals surface area contributed by atoms with Gasteiger partial charge < -0.3 is 4.90 Å². The average Bonchev–Trinajstić information content (AvgIpc) is 3.05. The lowest BCUT2D eigenvalue weighted by atomic mass is 9.97. The van der Waals surface area contributed by atoms with Crippen LogP contribution in [0.15, 0.2) is 11.1 Å². The molecule has 3 aromatic heterocycles. The van der Waals surface area contributed by atoms with Crippen molar-refractivity contribution in [2.45, 2.75) is 65.6 Å². The second-order valence-corrected chi connectivity index (χ2v) is 8.47. The molecule has 0 aliphatic carbocycles. The summed E-state index contributed by atoms with van der Waals surface area (Å²) in [7, 11) is 0. The molecule has 0 saturated carbocycles. The molecular weight excluding hydrogens is 350 g/mol. The van der Waals surface area contributed by atoms with Crippen molar-refractivity contribution in [2.75, 3.05) is 0 Å². The van der Waals surface area contributed by atoms with E-state index in [9.17, 15) is 9.59 Å². The van der Waals surface area contributed by atoms with Crippen molar-refractivity contribution in [3.05, 3.63) is 27.3 Å². The molecule has 138 valence electrons. The van der Waals surface area contributed by atoms with E-state index in [0.717, 1.165) is 39.9 Å². The number of piperidine rings is 1. The third-order valence-electron chi connectivity index (χ3n) is 5.52. The molecule has 4 rings (SSSR count). The number of carbonyl (C=O) groups excluding carboxylic acids is 1. The maximum atomic E-state index is 12.9. The predicted octanol–water partition coefficient (Wildman–Crippen LogP) is 2.51. The van der Waals surface area contributed by atoms with Crippen LogP contribution in [0, 0.1) is 13.8 Å². The number of aromatic nitrogens is 4. The first-order valence-corrected chi connectivity index (χ1v) is 9.85. The third-order valence-corrected chi connectivity index (χ3v) is 6.63. The first-order valence-electron chi connectivity index (χ1n) is 9.03. The summed E-state index contributed by atoms with van der Waals surface area (Å²) in [6.07, 6.45) is 4.67. The summed E-state index contributed by atoms with van der Waals surface area (Å²) < 4.78 is 2.72. The van der Waals surface area contributed by atoms with Crippen molar-refractivity contribution in [3.8, 4) is 0 Å². The number of likely N-dealkylation sites (tertiary alicyclic amines) is 1. The van der Waals surface area contributed by atoms with Crippen LogP contribution in [0.3, 0.4) is 0 Å². The lowest BCUT2D eigenvalue weighted by Crippen LogP contribution is -2.49. The monoisotopic (exact) mass is 373 g/mol. The Hall–Kier alpha value is -2.22. The SMILES string of the molecule is Cc1sc2ncn3c(=O)n(CC(=O)N4[C@H](C)CCC[C@@H]4C)nc3c2c1C. The summed E-state index contributed by atoms with van der Waals surface area (Å²) in [6, 6.07) is 0.406. The van der Waals surface area contributed by atoms with Crippen molar-refractivity contribution in [2.24, 2.45) is 0 Å². The minimum Gasteiger partial charge on any atom is -0.336 e. The van der Waals surface area contributed by atoms with Gasteiger partial charge in [-0.05, 0) is 52.5 Å². The molecule has 2 atom stereocenters. The van der Waals surface area contributed by atoms with Gasteiger partial charge >= 0.3 is 5.69 Å². The number of thiophene rings is 1. The number of carbonyl (C=O) groups is 1. The molecule has 3 aromatic rings. The maximum Gasteiger partial charge on any atom is 0.352 e. The summed E-state index contributed by atoms with van der Waals surface area (Å²) in [5, 5.41) is 5.39. The van der Waals surface area contributed by atoms with E-state index in [-0.39, 0.29) is 30.2 Å². The number of hydrogen-bond acceptors (Lipinski definition) is 5. The summed E-state index contributed by atoms with van der Waals surface area (Å²) >= 11 is 1.59. The fourth-order valence-corrected chi connectivity index (χ4v) is 4.99. The van der Waals surface area contributed by atoms with Crippen LogP contribution in [0.1, 0.15) is 43.6 Å². The molecule has 1 fully saturated rings. The predicted molar refractivity (Wildman–Crippen MR) is 102 cm³/mol. The normalized spacial score (nSPS) is 21.0. The number of amides is 1. The minimum absolute atomic E-state index is 0.0289. The van der Waals surface area contributed by atoms with E-state index in [2.05, 4.69) is 23.9 Å². The topological polar surface area (TPSA) is 72.5 Å². The third kappa shape index (κ3) is 2.55. The van der Waals surface area contributed by atoms with Gasteiger partial charge in [-0.1, -0.05) is 0 Å². The first-order chi connectivity index (χ1) is 12.4. The average molecular weight is 373 g/mol. The largest absolute Gasteiger partial charge is 0.352 e. The van der Waals surface area contributed by atoms with Gasteiger partial charge in [0.15, 0.2) is 5.65 Å². The Morgan fingerprint density at radius 3 is 2.65 bits per heavy atom. The van der Waals surface area contributed by atoms with Crippen LogP contribution in [0.5, 0.6) is 0 Å². The molecule has 26 heavy (non-hydrogen) atoms. The molecule has 8 heteroatoms. The van der Waals surface area contributed by atoms with Gasteiger partial charge in [0.2, 0.25) is 5.91 Å². The summed E-state index contributed by atoms with van der Waals surface area (Å²) in [6.45, 7) is 8.17. The van der Waals surface area contributed by atoms with E-state index in [4.69, 9.17) is 0 Å². The second-order valence-electron chi connectivity index (χ2n) is 7.27. The van der Waals surface area contributed by atoms with Crippen molar-refractivity contribution < 1.29 is 4.79 Å². The highest BCUT2D eigenvalue weighted by Gasteiger charge is 2.29. The Morgan fingerprint density at radius 2 is 1.96 bits per heavy atom. The van der Waals surface area contributed by atoms with Crippen molar-refractivity contribution in [3.63, 3.8) is 0 Å². The van der Waals surface area contributed by atoms with Gasteiger partial charge in [0.1, 0.15) is 17.7 Å². The Balaban J connectivity index is 1.75. The number of nitrogens with zero attached hydrogens (tertiary/aromatic N) is 5. The molecule has 1 saturated heterocycles. The van der Waals surface area contributed by atoms with Gasteiger partial charge in [-0.15, -0.1) is 16.4 Å². The van der Waals surface area contributed by atoms with Crippen LogP contribution in [0.25, 0.3) is 15.9 Å². The fraction of sp³-hybridized carbons (Fsp3) is 0.556. The van der Waals surface area contributed by atoms with E-state index >= 15 is 0 Å². The molecule has 4 heterocycles. The molecule has 0 N–H and O–H groups in total. The zero-order chi connectivity index (χ0) is 18.6. The van der Waals surface area contributed by atoms with Crippen LogP contribution in [-0.4, -0.2) is 42.1 Å². The molecule has 0 bridgehead atoms.